The van der Waals surface area contributed by atoms with Crippen molar-refractivity contribution in [2.24, 2.45) is 0 Å². The van der Waals surface area contributed by atoms with E-state index in [-0.39, 0.29) is 24.7 Å². The Morgan fingerprint density at radius 3 is 3.06 bits per heavy atom. The summed E-state index contributed by atoms with van der Waals surface area (Å²) in [5.74, 6) is -0.102. The molecular weight excluding hydrogens is 222 g/mol. The molecule has 1 saturated heterocycles. The molecule has 0 aromatic carbocycles. The number of aryl methyl sites for hydroxylation is 1. The number of likely N-dealkylation sites (tertiary alicyclic amines) is 1. The van der Waals surface area contributed by atoms with E-state index >= 15 is 0 Å². The molecule has 1 aromatic heterocycles. The number of aromatic nitrogens is 2. The van der Waals surface area contributed by atoms with Gasteiger partial charge in [-0.05, 0) is 13.3 Å². The minimum atomic E-state index is -0.165. The summed E-state index contributed by atoms with van der Waals surface area (Å²) >= 11 is 0. The van der Waals surface area contributed by atoms with Crippen molar-refractivity contribution in [3.8, 4) is 0 Å². The maximum atomic E-state index is 12.3. The topological polar surface area (TPSA) is 78.5 Å². The number of nitrogens with zero attached hydrogens (tertiary/aromatic N) is 2. The van der Waals surface area contributed by atoms with Gasteiger partial charge < -0.3 is 14.7 Å². The number of aromatic amines is 1. The first-order chi connectivity index (χ1) is 8.17. The summed E-state index contributed by atoms with van der Waals surface area (Å²) in [5, 5.41) is 15.9. The van der Waals surface area contributed by atoms with Gasteiger partial charge in [-0.25, -0.2) is 0 Å². The lowest BCUT2D eigenvalue weighted by Gasteiger charge is -2.22. The predicted molar refractivity (Wildman–Crippen MR) is 60.6 cm³/mol. The molecule has 0 aliphatic carbocycles. The van der Waals surface area contributed by atoms with E-state index in [2.05, 4.69) is 10.2 Å². The van der Waals surface area contributed by atoms with Crippen molar-refractivity contribution in [2.75, 3.05) is 20.3 Å². The Morgan fingerprint density at radius 2 is 2.53 bits per heavy atom. The Balaban J connectivity index is 2.16. The summed E-state index contributed by atoms with van der Waals surface area (Å²) in [5.41, 5.74) is 1.30. The molecule has 1 aromatic rings. The number of aliphatic hydroxyl groups excluding tert-OH is 1. The summed E-state index contributed by atoms with van der Waals surface area (Å²) in [7, 11) is 1.62. The van der Waals surface area contributed by atoms with E-state index in [1.54, 1.807) is 18.9 Å². The second-order valence-electron chi connectivity index (χ2n) is 4.30. The van der Waals surface area contributed by atoms with Gasteiger partial charge in [-0.15, -0.1) is 0 Å². The average Bonchev–Trinajstić information content (AvgIpc) is 2.93. The molecule has 2 atom stereocenters. The third-order valence-electron chi connectivity index (χ3n) is 3.24. The van der Waals surface area contributed by atoms with E-state index in [9.17, 15) is 9.90 Å². The smallest absolute Gasteiger partial charge is 0.257 e. The second kappa shape index (κ2) is 4.85. The van der Waals surface area contributed by atoms with Gasteiger partial charge >= 0.3 is 0 Å². The van der Waals surface area contributed by atoms with Crippen LogP contribution in [0.1, 0.15) is 22.5 Å². The van der Waals surface area contributed by atoms with Crippen molar-refractivity contribution >= 4 is 5.91 Å². The molecule has 17 heavy (non-hydrogen) atoms. The van der Waals surface area contributed by atoms with Gasteiger partial charge in [-0.3, -0.25) is 9.89 Å². The van der Waals surface area contributed by atoms with E-state index in [0.29, 0.717) is 18.5 Å². The molecule has 0 bridgehead atoms. The van der Waals surface area contributed by atoms with Crippen LogP contribution in [-0.4, -0.2) is 58.5 Å². The van der Waals surface area contributed by atoms with Crippen molar-refractivity contribution in [3.05, 3.63) is 17.5 Å². The average molecular weight is 239 g/mol. The predicted octanol–water partition coefficient (Wildman–Crippen LogP) is -0.0601. The van der Waals surface area contributed by atoms with Crippen LogP contribution in [0.3, 0.4) is 0 Å². The highest BCUT2D eigenvalue weighted by Crippen LogP contribution is 2.22. The number of nitrogens with one attached hydrogen (secondary N) is 1. The molecule has 6 heteroatoms. The number of ether oxygens (including phenoxy) is 1. The first kappa shape index (κ1) is 12.1. The number of aliphatic hydroxyl groups is 1. The van der Waals surface area contributed by atoms with Gasteiger partial charge in [0.05, 0.1) is 30.5 Å². The normalized spacial score (nSPS) is 24.3. The molecule has 1 aliphatic rings. The van der Waals surface area contributed by atoms with E-state index in [0.717, 1.165) is 5.69 Å². The molecule has 1 amide bonds. The van der Waals surface area contributed by atoms with Crippen LogP contribution in [0.4, 0.5) is 0 Å². The Morgan fingerprint density at radius 1 is 1.76 bits per heavy atom. The van der Waals surface area contributed by atoms with Gasteiger partial charge in [0, 0.05) is 19.3 Å². The van der Waals surface area contributed by atoms with Gasteiger partial charge in [-0.1, -0.05) is 0 Å². The molecule has 6 nitrogen and oxygen atoms in total. The molecule has 2 rings (SSSR count). The molecule has 1 aliphatic heterocycles. The minimum absolute atomic E-state index is 0.00306. The highest BCUT2D eigenvalue weighted by atomic mass is 16.5. The lowest BCUT2D eigenvalue weighted by atomic mass is 10.2. The number of carbonyl (C=O) groups excluding carboxylic acids is 1. The zero-order valence-electron chi connectivity index (χ0n) is 10.0. The fraction of sp³-hybridized carbons (Fsp3) is 0.636. The standard InChI is InChI=1S/C11H17N3O3/c1-7-10(4-12-13-7)11(16)14-5-9(17-2)3-8(14)6-15/h4,8-9,15H,3,5-6H2,1-2H3,(H,12,13)/t8-,9-/m0/s1. The zero-order valence-corrected chi connectivity index (χ0v) is 10.0. The Bertz CT molecular complexity index is 404. The maximum Gasteiger partial charge on any atom is 0.257 e. The van der Waals surface area contributed by atoms with Crippen LogP contribution in [0.5, 0.6) is 0 Å². The summed E-state index contributed by atoms with van der Waals surface area (Å²) in [4.78, 5) is 13.9. The highest BCUT2D eigenvalue weighted by molar-refractivity contribution is 5.95. The molecular formula is C11H17N3O3. The lowest BCUT2D eigenvalue weighted by molar-refractivity contribution is 0.0647. The third-order valence-corrected chi connectivity index (χ3v) is 3.24. The number of rotatable bonds is 3. The van der Waals surface area contributed by atoms with Crippen LogP contribution in [0, 0.1) is 6.92 Å². The lowest BCUT2D eigenvalue weighted by Crippen LogP contribution is -2.38. The van der Waals surface area contributed by atoms with Gasteiger partial charge in [-0.2, -0.15) is 5.10 Å². The first-order valence-corrected chi connectivity index (χ1v) is 5.62. The Hall–Kier alpha value is -1.40. The van der Waals surface area contributed by atoms with Crippen LogP contribution in [-0.2, 0) is 4.74 Å². The fourth-order valence-electron chi connectivity index (χ4n) is 2.19. The summed E-state index contributed by atoms with van der Waals surface area (Å²) in [6, 6.07) is -0.165. The van der Waals surface area contributed by atoms with E-state index in [1.165, 1.54) is 6.20 Å². The van der Waals surface area contributed by atoms with Gasteiger partial charge in [0.15, 0.2) is 0 Å². The van der Waals surface area contributed by atoms with Crippen LogP contribution < -0.4 is 0 Å². The minimum Gasteiger partial charge on any atom is -0.394 e. The van der Waals surface area contributed by atoms with Crippen LogP contribution in [0.25, 0.3) is 0 Å². The Kier molecular flexibility index (Phi) is 3.44. The zero-order chi connectivity index (χ0) is 12.4. The van der Waals surface area contributed by atoms with E-state index in [4.69, 9.17) is 4.74 Å². The highest BCUT2D eigenvalue weighted by Gasteiger charge is 2.35. The fourth-order valence-corrected chi connectivity index (χ4v) is 2.19. The maximum absolute atomic E-state index is 12.3. The van der Waals surface area contributed by atoms with Gasteiger partial charge in [0.2, 0.25) is 0 Å². The summed E-state index contributed by atoms with van der Waals surface area (Å²) in [6.45, 7) is 2.28. The van der Waals surface area contributed by atoms with Crippen molar-refractivity contribution in [3.63, 3.8) is 0 Å². The second-order valence-corrected chi connectivity index (χ2v) is 4.30. The molecule has 0 spiro atoms. The van der Waals surface area contributed by atoms with Gasteiger partial charge in [0.1, 0.15) is 0 Å². The quantitative estimate of drug-likeness (QED) is 0.774. The molecule has 0 saturated carbocycles. The Labute approximate surface area is 99.6 Å². The van der Waals surface area contributed by atoms with Crippen LogP contribution >= 0.6 is 0 Å². The molecule has 94 valence electrons. The molecule has 2 heterocycles. The number of amides is 1. The first-order valence-electron chi connectivity index (χ1n) is 5.62. The monoisotopic (exact) mass is 239 g/mol. The van der Waals surface area contributed by atoms with E-state index < -0.39 is 0 Å². The van der Waals surface area contributed by atoms with E-state index in [1.807, 2.05) is 0 Å². The third kappa shape index (κ3) is 2.18. The number of hydrogen-bond acceptors (Lipinski definition) is 4. The van der Waals surface area contributed by atoms with Crippen molar-refractivity contribution in [1.82, 2.24) is 15.1 Å². The molecule has 2 N–H and O–H groups in total. The van der Waals surface area contributed by atoms with Gasteiger partial charge in [0.25, 0.3) is 5.91 Å². The number of H-pyrrole nitrogens is 1. The molecule has 0 radical (unpaired) electrons. The largest absolute Gasteiger partial charge is 0.394 e. The van der Waals surface area contributed by atoms with Crippen molar-refractivity contribution < 1.29 is 14.6 Å². The number of carbonyl (C=O) groups is 1. The molecule has 0 unspecified atom stereocenters. The SMILES string of the molecule is CO[C@H]1C[C@@H](CO)N(C(=O)c2cn[nH]c2C)C1. The number of methoxy groups -OCH3 is 1. The van der Waals surface area contributed by atoms with Crippen LogP contribution in [0.2, 0.25) is 0 Å². The number of hydrogen-bond donors (Lipinski definition) is 2. The summed E-state index contributed by atoms with van der Waals surface area (Å²) < 4.78 is 5.24. The van der Waals surface area contributed by atoms with Crippen molar-refractivity contribution in [2.45, 2.75) is 25.5 Å². The summed E-state index contributed by atoms with van der Waals surface area (Å²) in [6.07, 6.45) is 2.20. The van der Waals surface area contributed by atoms with Crippen molar-refractivity contribution in [1.29, 1.82) is 0 Å². The molecule has 1 fully saturated rings. The van der Waals surface area contributed by atoms with Crippen LogP contribution in [0.15, 0.2) is 6.20 Å².